The molecule has 2 rings (SSSR count). The van der Waals surface area contributed by atoms with E-state index in [2.05, 4.69) is 19.2 Å². The molecule has 0 radical (unpaired) electrons. The summed E-state index contributed by atoms with van der Waals surface area (Å²) in [6, 6.07) is 0.464. The Bertz CT molecular complexity index is 274. The number of rotatable bonds is 2. The highest BCUT2D eigenvalue weighted by Gasteiger charge is 2.35. The van der Waals surface area contributed by atoms with Gasteiger partial charge < -0.3 is 11.1 Å². The summed E-state index contributed by atoms with van der Waals surface area (Å²) in [5.41, 5.74) is 6.14. The van der Waals surface area contributed by atoms with Gasteiger partial charge in [0, 0.05) is 12.1 Å². The first-order chi connectivity index (χ1) is 8.58. The topological polar surface area (TPSA) is 55.1 Å². The molecular formula is C15H28N2O. The van der Waals surface area contributed by atoms with E-state index in [-0.39, 0.29) is 17.9 Å². The molecule has 3 nitrogen and oxygen atoms in total. The van der Waals surface area contributed by atoms with Crippen LogP contribution < -0.4 is 11.1 Å². The quantitative estimate of drug-likeness (QED) is 0.793. The van der Waals surface area contributed by atoms with Crippen LogP contribution in [0.5, 0.6) is 0 Å². The van der Waals surface area contributed by atoms with Crippen molar-refractivity contribution in [3.8, 4) is 0 Å². The third kappa shape index (κ3) is 3.25. The zero-order valence-electron chi connectivity index (χ0n) is 11.8. The minimum absolute atomic E-state index is 0.0399. The molecule has 0 aromatic rings. The molecule has 0 spiro atoms. The van der Waals surface area contributed by atoms with Gasteiger partial charge in [0.15, 0.2) is 0 Å². The van der Waals surface area contributed by atoms with Crippen molar-refractivity contribution in [1.82, 2.24) is 5.32 Å². The number of nitrogens with two attached hydrogens (primary N) is 1. The third-order valence-corrected chi connectivity index (χ3v) is 4.94. The van der Waals surface area contributed by atoms with E-state index in [9.17, 15) is 4.79 Å². The normalized spacial score (nSPS) is 41.4. The van der Waals surface area contributed by atoms with Crippen LogP contribution in [0, 0.1) is 17.8 Å². The number of carbonyl (C=O) groups excluding carboxylic acids is 1. The van der Waals surface area contributed by atoms with E-state index in [0.717, 1.165) is 31.6 Å². The monoisotopic (exact) mass is 252 g/mol. The zero-order chi connectivity index (χ0) is 13.1. The third-order valence-electron chi connectivity index (χ3n) is 4.94. The van der Waals surface area contributed by atoms with Gasteiger partial charge in [0.2, 0.25) is 5.91 Å². The second-order valence-corrected chi connectivity index (χ2v) is 6.56. The van der Waals surface area contributed by atoms with Crippen LogP contribution in [0.25, 0.3) is 0 Å². The second kappa shape index (κ2) is 6.05. The Morgan fingerprint density at radius 1 is 1.06 bits per heavy atom. The minimum Gasteiger partial charge on any atom is -0.353 e. The van der Waals surface area contributed by atoms with Crippen LogP contribution in [0.4, 0.5) is 0 Å². The predicted octanol–water partition coefficient (Wildman–Crippen LogP) is 2.44. The Morgan fingerprint density at radius 2 is 1.72 bits per heavy atom. The van der Waals surface area contributed by atoms with Gasteiger partial charge >= 0.3 is 0 Å². The number of amides is 1. The maximum atomic E-state index is 12.4. The maximum absolute atomic E-state index is 12.4. The maximum Gasteiger partial charge on any atom is 0.225 e. The van der Waals surface area contributed by atoms with E-state index in [0.29, 0.717) is 12.0 Å². The minimum atomic E-state index is 0.0399. The summed E-state index contributed by atoms with van der Waals surface area (Å²) in [5, 5.41) is 3.25. The molecule has 18 heavy (non-hydrogen) atoms. The first-order valence-electron chi connectivity index (χ1n) is 7.64. The molecule has 0 aliphatic heterocycles. The van der Waals surface area contributed by atoms with Gasteiger partial charge in [-0.25, -0.2) is 0 Å². The Kier molecular flexibility index (Phi) is 4.66. The first-order valence-corrected chi connectivity index (χ1v) is 7.64. The summed E-state index contributed by atoms with van der Waals surface area (Å²) in [7, 11) is 0. The average molecular weight is 252 g/mol. The lowest BCUT2D eigenvalue weighted by Gasteiger charge is -2.35. The Labute approximate surface area is 111 Å². The summed E-state index contributed by atoms with van der Waals surface area (Å²) in [5.74, 6) is 1.53. The molecule has 0 aromatic heterocycles. The average Bonchev–Trinajstić information content (AvgIpc) is 2.32. The molecule has 0 heterocycles. The first kappa shape index (κ1) is 13.9. The zero-order valence-corrected chi connectivity index (χ0v) is 11.8. The molecule has 2 saturated carbocycles. The van der Waals surface area contributed by atoms with Crippen LogP contribution in [0.2, 0.25) is 0 Å². The van der Waals surface area contributed by atoms with Gasteiger partial charge in [0.25, 0.3) is 0 Å². The van der Waals surface area contributed by atoms with Crippen LogP contribution in [-0.4, -0.2) is 18.0 Å². The largest absolute Gasteiger partial charge is 0.353 e. The van der Waals surface area contributed by atoms with Gasteiger partial charge in [-0.1, -0.05) is 20.3 Å². The van der Waals surface area contributed by atoms with E-state index in [1.165, 1.54) is 19.3 Å². The highest BCUT2D eigenvalue weighted by atomic mass is 16.2. The van der Waals surface area contributed by atoms with Crippen LogP contribution in [-0.2, 0) is 4.79 Å². The van der Waals surface area contributed by atoms with Crippen LogP contribution >= 0.6 is 0 Å². The summed E-state index contributed by atoms with van der Waals surface area (Å²) in [6.45, 7) is 4.48. The van der Waals surface area contributed by atoms with Crippen LogP contribution in [0.15, 0.2) is 0 Å². The Balaban J connectivity index is 1.86. The SMILES string of the molecule is CC1CCC(NC(=O)C2C(C)CCCC2N)CC1. The molecule has 2 aliphatic carbocycles. The fourth-order valence-corrected chi connectivity index (χ4v) is 3.61. The molecule has 2 aliphatic rings. The van der Waals surface area contributed by atoms with E-state index < -0.39 is 0 Å². The van der Waals surface area contributed by atoms with E-state index in [4.69, 9.17) is 5.73 Å². The predicted molar refractivity (Wildman–Crippen MR) is 74.0 cm³/mol. The van der Waals surface area contributed by atoms with Gasteiger partial charge in [0.1, 0.15) is 0 Å². The van der Waals surface area contributed by atoms with Crippen molar-refractivity contribution < 1.29 is 4.79 Å². The number of carbonyl (C=O) groups is 1. The number of nitrogens with one attached hydrogen (secondary N) is 1. The Hall–Kier alpha value is -0.570. The summed E-state index contributed by atoms with van der Waals surface area (Å²) in [4.78, 5) is 12.4. The molecule has 2 fully saturated rings. The molecule has 104 valence electrons. The van der Waals surface area contributed by atoms with Crippen molar-refractivity contribution in [1.29, 1.82) is 0 Å². The highest BCUT2D eigenvalue weighted by Crippen LogP contribution is 2.30. The van der Waals surface area contributed by atoms with Crippen molar-refractivity contribution in [2.45, 2.75) is 70.9 Å². The van der Waals surface area contributed by atoms with E-state index in [1.807, 2.05) is 0 Å². The molecule has 0 bridgehead atoms. The molecular weight excluding hydrogens is 224 g/mol. The van der Waals surface area contributed by atoms with Gasteiger partial charge in [0.05, 0.1) is 5.92 Å². The van der Waals surface area contributed by atoms with Gasteiger partial charge in [-0.05, 0) is 50.4 Å². The molecule has 3 heteroatoms. The standard InChI is InChI=1S/C15H28N2O/c1-10-6-8-12(9-7-10)17-15(18)14-11(2)4-3-5-13(14)16/h10-14H,3-9,16H2,1-2H3,(H,17,18). The fourth-order valence-electron chi connectivity index (χ4n) is 3.61. The number of hydrogen-bond donors (Lipinski definition) is 2. The summed E-state index contributed by atoms with van der Waals surface area (Å²) < 4.78 is 0. The van der Waals surface area contributed by atoms with Crippen molar-refractivity contribution in [2.75, 3.05) is 0 Å². The lowest BCUT2D eigenvalue weighted by Crippen LogP contribution is -2.50. The fraction of sp³-hybridized carbons (Fsp3) is 0.933. The Morgan fingerprint density at radius 3 is 2.33 bits per heavy atom. The lowest BCUT2D eigenvalue weighted by atomic mass is 9.76. The molecule has 0 saturated heterocycles. The van der Waals surface area contributed by atoms with Gasteiger partial charge in [-0.15, -0.1) is 0 Å². The van der Waals surface area contributed by atoms with Crippen molar-refractivity contribution >= 4 is 5.91 Å². The van der Waals surface area contributed by atoms with Crippen molar-refractivity contribution in [3.05, 3.63) is 0 Å². The summed E-state index contributed by atoms with van der Waals surface area (Å²) >= 11 is 0. The second-order valence-electron chi connectivity index (χ2n) is 6.56. The molecule has 3 N–H and O–H groups in total. The number of hydrogen-bond acceptors (Lipinski definition) is 2. The molecule has 1 amide bonds. The van der Waals surface area contributed by atoms with Crippen LogP contribution in [0.3, 0.4) is 0 Å². The van der Waals surface area contributed by atoms with E-state index in [1.54, 1.807) is 0 Å². The van der Waals surface area contributed by atoms with Crippen molar-refractivity contribution in [3.63, 3.8) is 0 Å². The highest BCUT2D eigenvalue weighted by molar-refractivity contribution is 5.80. The van der Waals surface area contributed by atoms with Crippen molar-refractivity contribution in [2.24, 2.45) is 23.5 Å². The smallest absolute Gasteiger partial charge is 0.225 e. The van der Waals surface area contributed by atoms with Gasteiger partial charge in [-0.2, -0.15) is 0 Å². The van der Waals surface area contributed by atoms with Crippen LogP contribution in [0.1, 0.15) is 58.8 Å². The van der Waals surface area contributed by atoms with Gasteiger partial charge in [-0.3, -0.25) is 4.79 Å². The van der Waals surface area contributed by atoms with E-state index >= 15 is 0 Å². The molecule has 3 atom stereocenters. The molecule has 3 unspecified atom stereocenters. The molecule has 0 aromatic carbocycles. The summed E-state index contributed by atoms with van der Waals surface area (Å²) in [6.07, 6.45) is 8.10. The lowest BCUT2D eigenvalue weighted by molar-refractivity contribution is -0.129.